The highest BCUT2D eigenvalue weighted by Crippen LogP contribution is 2.45. The number of ether oxygens (including phenoxy) is 1. The van der Waals surface area contributed by atoms with E-state index in [9.17, 15) is 14.4 Å². The molecule has 0 spiro atoms. The number of fused-ring (bicyclic) bond motifs is 2. The Morgan fingerprint density at radius 1 is 0.917 bits per heavy atom. The average Bonchev–Trinajstić information content (AvgIpc) is 3.49. The minimum absolute atomic E-state index is 0.00271. The van der Waals surface area contributed by atoms with Crippen LogP contribution in [0.15, 0.2) is 24.3 Å². The lowest BCUT2D eigenvalue weighted by Gasteiger charge is -2.28. The van der Waals surface area contributed by atoms with Gasteiger partial charge in [-0.25, -0.2) is 0 Å². The van der Waals surface area contributed by atoms with E-state index in [1.165, 1.54) is 38.5 Å². The molecule has 198 valence electrons. The van der Waals surface area contributed by atoms with E-state index in [0.29, 0.717) is 19.4 Å². The van der Waals surface area contributed by atoms with Crippen LogP contribution in [0.5, 0.6) is 0 Å². The summed E-state index contributed by atoms with van der Waals surface area (Å²) in [5.74, 6) is -0.428. The van der Waals surface area contributed by atoms with Gasteiger partial charge in [0.15, 0.2) is 0 Å². The molecule has 3 N–H and O–H groups in total. The van der Waals surface area contributed by atoms with Crippen molar-refractivity contribution in [2.24, 2.45) is 17.8 Å². The SMILES string of the molecule is O=C(O)CCc1ccccc1CC1C2CCC(O2)C1C(=O)NCC(=O)NCCCCC1CCCCC1. The highest BCUT2D eigenvalue weighted by molar-refractivity contribution is 5.86. The number of carboxylic acid groups (broad SMARTS) is 1. The van der Waals surface area contributed by atoms with Gasteiger partial charge in [-0.15, -0.1) is 0 Å². The number of hydrogen-bond acceptors (Lipinski definition) is 4. The van der Waals surface area contributed by atoms with Gasteiger partial charge in [-0.2, -0.15) is 0 Å². The van der Waals surface area contributed by atoms with Gasteiger partial charge < -0.3 is 20.5 Å². The molecule has 7 nitrogen and oxygen atoms in total. The molecule has 1 aliphatic carbocycles. The molecule has 0 radical (unpaired) electrons. The predicted octanol–water partition coefficient (Wildman–Crippen LogP) is 4.02. The van der Waals surface area contributed by atoms with E-state index >= 15 is 0 Å². The Hall–Kier alpha value is -2.41. The first kappa shape index (κ1) is 26.6. The molecule has 2 aliphatic heterocycles. The first-order valence-electron chi connectivity index (χ1n) is 14.0. The van der Waals surface area contributed by atoms with Crippen molar-refractivity contribution in [1.29, 1.82) is 0 Å². The maximum Gasteiger partial charge on any atom is 0.303 e. The Kier molecular flexibility index (Phi) is 9.79. The van der Waals surface area contributed by atoms with Crippen molar-refractivity contribution in [1.82, 2.24) is 10.6 Å². The summed E-state index contributed by atoms with van der Waals surface area (Å²) >= 11 is 0. The van der Waals surface area contributed by atoms with Gasteiger partial charge in [-0.3, -0.25) is 14.4 Å². The zero-order valence-corrected chi connectivity index (χ0v) is 21.4. The molecule has 4 rings (SSSR count). The number of carboxylic acids is 1. The second-order valence-electron chi connectivity index (χ2n) is 10.9. The molecular weight excluding hydrogens is 456 g/mol. The largest absolute Gasteiger partial charge is 0.481 e. The summed E-state index contributed by atoms with van der Waals surface area (Å²) < 4.78 is 6.12. The monoisotopic (exact) mass is 498 g/mol. The maximum absolute atomic E-state index is 13.1. The Morgan fingerprint density at radius 3 is 2.44 bits per heavy atom. The smallest absolute Gasteiger partial charge is 0.303 e. The summed E-state index contributed by atoms with van der Waals surface area (Å²) in [6.07, 6.45) is 13.2. The molecule has 3 aliphatic rings. The summed E-state index contributed by atoms with van der Waals surface area (Å²) in [6, 6.07) is 7.89. The molecular formula is C29H42N2O5. The van der Waals surface area contributed by atoms with Gasteiger partial charge >= 0.3 is 5.97 Å². The second-order valence-corrected chi connectivity index (χ2v) is 10.9. The number of benzene rings is 1. The zero-order chi connectivity index (χ0) is 25.3. The van der Waals surface area contributed by atoms with Gasteiger partial charge in [0.2, 0.25) is 11.8 Å². The van der Waals surface area contributed by atoms with Crippen molar-refractivity contribution in [3.8, 4) is 0 Å². The summed E-state index contributed by atoms with van der Waals surface area (Å²) in [5.41, 5.74) is 2.10. The van der Waals surface area contributed by atoms with Crippen molar-refractivity contribution in [3.05, 3.63) is 35.4 Å². The molecule has 1 aromatic rings. The fraction of sp³-hybridized carbons (Fsp3) is 0.690. The number of unbranched alkanes of at least 4 members (excludes halogenated alkanes) is 1. The quantitative estimate of drug-likeness (QED) is 0.356. The highest BCUT2D eigenvalue weighted by atomic mass is 16.5. The average molecular weight is 499 g/mol. The summed E-state index contributed by atoms with van der Waals surface area (Å²) in [7, 11) is 0. The number of aryl methyl sites for hydroxylation is 1. The van der Waals surface area contributed by atoms with Gasteiger partial charge in [0.1, 0.15) is 0 Å². The van der Waals surface area contributed by atoms with Crippen LogP contribution in [-0.4, -0.2) is 48.2 Å². The number of nitrogens with one attached hydrogen (secondary N) is 2. The van der Waals surface area contributed by atoms with Crippen LogP contribution in [0.25, 0.3) is 0 Å². The van der Waals surface area contributed by atoms with E-state index < -0.39 is 5.97 Å². The van der Waals surface area contributed by atoms with Crippen LogP contribution < -0.4 is 10.6 Å². The molecule has 1 saturated carbocycles. The van der Waals surface area contributed by atoms with E-state index in [4.69, 9.17) is 9.84 Å². The zero-order valence-electron chi connectivity index (χ0n) is 21.4. The lowest BCUT2D eigenvalue weighted by molar-refractivity contribution is -0.137. The Labute approximate surface area is 214 Å². The molecule has 2 bridgehead atoms. The fourth-order valence-electron chi connectivity index (χ4n) is 6.50. The number of amides is 2. The van der Waals surface area contributed by atoms with Crippen LogP contribution in [-0.2, 0) is 32.0 Å². The van der Waals surface area contributed by atoms with Gasteiger partial charge in [-0.05, 0) is 49.1 Å². The normalized spacial score (nSPS) is 25.6. The van der Waals surface area contributed by atoms with Gasteiger partial charge in [0, 0.05) is 18.9 Å². The van der Waals surface area contributed by atoms with Crippen LogP contribution in [0.3, 0.4) is 0 Å². The minimum Gasteiger partial charge on any atom is -0.481 e. The van der Waals surface area contributed by atoms with Crippen LogP contribution in [0.1, 0.15) is 81.8 Å². The van der Waals surface area contributed by atoms with Crippen molar-refractivity contribution < 1.29 is 24.2 Å². The number of carbonyl (C=O) groups excluding carboxylic acids is 2. The maximum atomic E-state index is 13.1. The van der Waals surface area contributed by atoms with E-state index in [1.807, 2.05) is 24.3 Å². The van der Waals surface area contributed by atoms with E-state index in [2.05, 4.69) is 10.6 Å². The molecule has 3 fully saturated rings. The van der Waals surface area contributed by atoms with Crippen LogP contribution in [0.2, 0.25) is 0 Å². The molecule has 0 aromatic heterocycles. The van der Waals surface area contributed by atoms with E-state index in [-0.39, 0.29) is 48.8 Å². The minimum atomic E-state index is -0.812. The third-order valence-corrected chi connectivity index (χ3v) is 8.42. The molecule has 1 aromatic carbocycles. The summed E-state index contributed by atoms with van der Waals surface area (Å²) in [4.78, 5) is 36.5. The number of carbonyl (C=O) groups is 3. The van der Waals surface area contributed by atoms with Gasteiger partial charge in [0.25, 0.3) is 0 Å². The lowest BCUT2D eigenvalue weighted by atomic mass is 9.75. The Bertz CT molecular complexity index is 897. The summed E-state index contributed by atoms with van der Waals surface area (Å²) in [5, 5.41) is 14.9. The topological polar surface area (TPSA) is 105 Å². The van der Waals surface area contributed by atoms with Gasteiger partial charge in [-0.1, -0.05) is 69.2 Å². The number of hydrogen-bond donors (Lipinski definition) is 3. The Morgan fingerprint density at radius 2 is 1.67 bits per heavy atom. The third kappa shape index (κ3) is 7.31. The standard InChI is InChI=1S/C29H42N2O5/c32-26(30-17-7-6-10-20-8-2-1-3-9-20)19-31-29(35)28-23(24-14-15-25(28)36-24)18-22-12-5-4-11-21(22)13-16-27(33)34/h4-5,11-12,20,23-25,28H,1-3,6-10,13-19H2,(H,30,32)(H,31,35)(H,33,34). The number of rotatable bonds is 13. The van der Waals surface area contributed by atoms with Crippen LogP contribution in [0, 0.1) is 17.8 Å². The highest BCUT2D eigenvalue weighted by Gasteiger charge is 2.52. The van der Waals surface area contributed by atoms with Crippen LogP contribution >= 0.6 is 0 Å². The third-order valence-electron chi connectivity index (χ3n) is 8.42. The molecule has 2 saturated heterocycles. The van der Waals surface area contributed by atoms with Crippen molar-refractivity contribution in [3.63, 3.8) is 0 Å². The molecule has 2 amide bonds. The summed E-state index contributed by atoms with van der Waals surface area (Å²) in [6.45, 7) is 0.658. The van der Waals surface area contributed by atoms with E-state index in [1.54, 1.807) is 0 Å². The molecule has 2 heterocycles. The fourth-order valence-corrected chi connectivity index (χ4v) is 6.50. The van der Waals surface area contributed by atoms with E-state index in [0.717, 1.165) is 42.7 Å². The van der Waals surface area contributed by atoms with Crippen LogP contribution in [0.4, 0.5) is 0 Å². The molecule has 4 atom stereocenters. The molecule has 7 heteroatoms. The van der Waals surface area contributed by atoms with Gasteiger partial charge in [0.05, 0.1) is 24.7 Å². The second kappa shape index (κ2) is 13.2. The predicted molar refractivity (Wildman–Crippen MR) is 137 cm³/mol. The first-order chi connectivity index (χ1) is 17.5. The van der Waals surface area contributed by atoms with Crippen molar-refractivity contribution in [2.45, 2.75) is 95.7 Å². The van der Waals surface area contributed by atoms with Crippen molar-refractivity contribution >= 4 is 17.8 Å². The Balaban J connectivity index is 1.22. The van der Waals surface area contributed by atoms with Crippen molar-refractivity contribution in [2.75, 3.05) is 13.1 Å². The molecule has 4 unspecified atom stereocenters. The lowest BCUT2D eigenvalue weighted by Crippen LogP contribution is -2.45. The number of aliphatic carboxylic acids is 1. The molecule has 36 heavy (non-hydrogen) atoms. The first-order valence-corrected chi connectivity index (χ1v) is 14.0.